The minimum Gasteiger partial charge on any atom is -0.349 e. The van der Waals surface area contributed by atoms with Gasteiger partial charge in [-0.1, -0.05) is 30.3 Å². The minimum atomic E-state index is -0.137. The van der Waals surface area contributed by atoms with E-state index in [4.69, 9.17) is 11.6 Å². The van der Waals surface area contributed by atoms with Crippen LogP contribution in [0, 0.1) is 0 Å². The molecule has 1 atom stereocenters. The molecule has 0 aliphatic heterocycles. The van der Waals surface area contributed by atoms with Crippen molar-refractivity contribution in [2.24, 2.45) is 0 Å². The SMILES string of the molecule is CC(C(=O)NC1(CCl)CCC1)c1ccccc1. The van der Waals surface area contributed by atoms with Crippen molar-refractivity contribution in [3.05, 3.63) is 35.9 Å². The van der Waals surface area contributed by atoms with Crippen LogP contribution in [0.25, 0.3) is 0 Å². The van der Waals surface area contributed by atoms with Gasteiger partial charge in [-0.15, -0.1) is 11.6 Å². The van der Waals surface area contributed by atoms with Gasteiger partial charge in [-0.25, -0.2) is 0 Å². The number of benzene rings is 1. The van der Waals surface area contributed by atoms with E-state index in [1.807, 2.05) is 37.3 Å². The molecule has 0 bridgehead atoms. The fourth-order valence-electron chi connectivity index (χ4n) is 2.16. The largest absolute Gasteiger partial charge is 0.349 e. The van der Waals surface area contributed by atoms with E-state index in [2.05, 4.69) is 5.32 Å². The molecule has 1 saturated carbocycles. The number of hydrogen-bond acceptors (Lipinski definition) is 1. The molecule has 1 aromatic carbocycles. The third-order valence-corrected chi connectivity index (χ3v) is 4.16. The Labute approximate surface area is 107 Å². The third kappa shape index (κ3) is 2.63. The van der Waals surface area contributed by atoms with Gasteiger partial charge >= 0.3 is 0 Å². The second-order valence-electron chi connectivity index (χ2n) is 4.89. The van der Waals surface area contributed by atoms with Crippen molar-refractivity contribution >= 4 is 17.5 Å². The van der Waals surface area contributed by atoms with Crippen molar-refractivity contribution in [3.8, 4) is 0 Å². The summed E-state index contributed by atoms with van der Waals surface area (Å²) in [6, 6.07) is 9.84. The average molecular weight is 252 g/mol. The lowest BCUT2D eigenvalue weighted by molar-refractivity contribution is -0.124. The first-order valence-electron chi connectivity index (χ1n) is 6.10. The van der Waals surface area contributed by atoms with E-state index < -0.39 is 0 Å². The van der Waals surface area contributed by atoms with E-state index in [1.165, 1.54) is 0 Å². The van der Waals surface area contributed by atoms with Gasteiger partial charge in [0.05, 0.1) is 11.5 Å². The highest BCUT2D eigenvalue weighted by Crippen LogP contribution is 2.33. The van der Waals surface area contributed by atoms with E-state index in [0.29, 0.717) is 5.88 Å². The van der Waals surface area contributed by atoms with Crippen LogP contribution in [0.3, 0.4) is 0 Å². The van der Waals surface area contributed by atoms with Crippen molar-refractivity contribution in [2.45, 2.75) is 37.6 Å². The molecule has 17 heavy (non-hydrogen) atoms. The van der Waals surface area contributed by atoms with Gasteiger partial charge in [0, 0.05) is 5.88 Å². The Morgan fingerprint density at radius 3 is 2.53 bits per heavy atom. The van der Waals surface area contributed by atoms with Crippen LogP contribution >= 0.6 is 11.6 Å². The molecule has 2 rings (SSSR count). The highest BCUT2D eigenvalue weighted by atomic mass is 35.5. The van der Waals surface area contributed by atoms with E-state index in [-0.39, 0.29) is 17.4 Å². The first kappa shape index (κ1) is 12.4. The number of carbonyl (C=O) groups excluding carboxylic acids is 1. The number of carbonyl (C=O) groups is 1. The summed E-state index contributed by atoms with van der Waals surface area (Å²) in [5.74, 6) is 0.480. The molecular formula is C14H18ClNO. The lowest BCUT2D eigenvalue weighted by atomic mass is 9.78. The zero-order chi connectivity index (χ0) is 12.3. The summed E-state index contributed by atoms with van der Waals surface area (Å²) in [4.78, 5) is 12.1. The molecular weight excluding hydrogens is 234 g/mol. The Bertz CT molecular complexity index is 381. The number of amides is 1. The van der Waals surface area contributed by atoms with Crippen LogP contribution in [0.2, 0.25) is 0 Å². The zero-order valence-electron chi connectivity index (χ0n) is 10.1. The Morgan fingerprint density at radius 2 is 2.06 bits per heavy atom. The zero-order valence-corrected chi connectivity index (χ0v) is 10.8. The van der Waals surface area contributed by atoms with Crippen molar-refractivity contribution in [1.82, 2.24) is 5.32 Å². The van der Waals surface area contributed by atoms with E-state index in [9.17, 15) is 4.79 Å². The fraction of sp³-hybridized carbons (Fsp3) is 0.500. The highest BCUT2D eigenvalue weighted by molar-refractivity contribution is 6.19. The molecule has 2 nitrogen and oxygen atoms in total. The van der Waals surface area contributed by atoms with Crippen molar-refractivity contribution in [2.75, 3.05) is 5.88 Å². The Balaban J connectivity index is 2.01. The molecule has 1 aliphatic carbocycles. The molecule has 0 aromatic heterocycles. The Kier molecular flexibility index (Phi) is 3.72. The predicted octanol–water partition coefficient (Wildman–Crippen LogP) is 3.07. The summed E-state index contributed by atoms with van der Waals surface area (Å²) in [6.07, 6.45) is 3.17. The van der Waals surface area contributed by atoms with E-state index >= 15 is 0 Å². The van der Waals surface area contributed by atoms with Gasteiger partial charge in [-0.2, -0.15) is 0 Å². The molecule has 1 amide bonds. The molecule has 92 valence electrons. The standard InChI is InChI=1S/C14H18ClNO/c1-11(12-6-3-2-4-7-12)13(17)16-14(10-15)8-5-9-14/h2-4,6-7,11H,5,8-10H2,1H3,(H,16,17). The number of alkyl halides is 1. The van der Waals surface area contributed by atoms with Crippen molar-refractivity contribution < 1.29 is 4.79 Å². The second-order valence-corrected chi connectivity index (χ2v) is 5.16. The number of rotatable bonds is 4. The summed E-state index contributed by atoms with van der Waals surface area (Å²) in [5, 5.41) is 3.11. The van der Waals surface area contributed by atoms with Crippen LogP contribution in [-0.2, 0) is 4.79 Å². The smallest absolute Gasteiger partial charge is 0.227 e. The molecule has 0 heterocycles. The molecule has 1 unspecified atom stereocenters. The summed E-state index contributed by atoms with van der Waals surface area (Å²) in [6.45, 7) is 1.94. The van der Waals surface area contributed by atoms with Gasteiger partial charge in [0.25, 0.3) is 0 Å². The van der Waals surface area contributed by atoms with Gasteiger partial charge in [0.1, 0.15) is 0 Å². The van der Waals surface area contributed by atoms with Gasteiger partial charge in [-0.05, 0) is 31.7 Å². The topological polar surface area (TPSA) is 29.1 Å². The highest BCUT2D eigenvalue weighted by Gasteiger charge is 2.38. The molecule has 1 aromatic rings. The van der Waals surface area contributed by atoms with Gasteiger partial charge in [-0.3, -0.25) is 4.79 Å². The summed E-state index contributed by atoms with van der Waals surface area (Å²) in [7, 11) is 0. The van der Waals surface area contributed by atoms with Crippen LogP contribution in [-0.4, -0.2) is 17.3 Å². The lowest BCUT2D eigenvalue weighted by Crippen LogP contribution is -2.55. The maximum absolute atomic E-state index is 12.1. The minimum absolute atomic E-state index is 0.0801. The number of halogens is 1. The van der Waals surface area contributed by atoms with Gasteiger partial charge in [0.15, 0.2) is 0 Å². The van der Waals surface area contributed by atoms with Gasteiger partial charge < -0.3 is 5.32 Å². The van der Waals surface area contributed by atoms with Crippen LogP contribution in [0.15, 0.2) is 30.3 Å². The Morgan fingerprint density at radius 1 is 1.41 bits per heavy atom. The summed E-state index contributed by atoms with van der Waals surface area (Å²) >= 11 is 5.94. The van der Waals surface area contributed by atoms with Crippen LogP contribution in [0.5, 0.6) is 0 Å². The maximum Gasteiger partial charge on any atom is 0.227 e. The molecule has 0 radical (unpaired) electrons. The molecule has 1 fully saturated rings. The first-order valence-corrected chi connectivity index (χ1v) is 6.63. The molecule has 3 heteroatoms. The molecule has 0 saturated heterocycles. The molecule has 1 N–H and O–H groups in total. The number of hydrogen-bond donors (Lipinski definition) is 1. The first-order chi connectivity index (χ1) is 8.17. The van der Waals surface area contributed by atoms with E-state index in [0.717, 1.165) is 24.8 Å². The Hall–Kier alpha value is -1.02. The lowest BCUT2D eigenvalue weighted by Gasteiger charge is -2.41. The summed E-state index contributed by atoms with van der Waals surface area (Å²) < 4.78 is 0. The molecule has 1 aliphatic rings. The van der Waals surface area contributed by atoms with Crippen LogP contribution in [0.1, 0.15) is 37.7 Å². The van der Waals surface area contributed by atoms with E-state index in [1.54, 1.807) is 0 Å². The second kappa shape index (κ2) is 5.09. The predicted molar refractivity (Wildman–Crippen MR) is 70.3 cm³/mol. The van der Waals surface area contributed by atoms with Crippen LogP contribution in [0.4, 0.5) is 0 Å². The fourth-order valence-corrected chi connectivity index (χ4v) is 2.49. The van der Waals surface area contributed by atoms with Crippen LogP contribution < -0.4 is 5.32 Å². The maximum atomic E-state index is 12.1. The normalized spacial score (nSPS) is 19.2. The van der Waals surface area contributed by atoms with Crippen molar-refractivity contribution in [3.63, 3.8) is 0 Å². The van der Waals surface area contributed by atoms with Crippen molar-refractivity contribution in [1.29, 1.82) is 0 Å². The van der Waals surface area contributed by atoms with Gasteiger partial charge in [0.2, 0.25) is 5.91 Å². The number of nitrogens with one attached hydrogen (secondary N) is 1. The quantitative estimate of drug-likeness (QED) is 0.819. The third-order valence-electron chi connectivity index (χ3n) is 3.65. The molecule has 0 spiro atoms. The monoisotopic (exact) mass is 251 g/mol. The summed E-state index contributed by atoms with van der Waals surface area (Å²) in [5.41, 5.74) is 0.913. The average Bonchev–Trinajstić information content (AvgIpc) is 2.33.